The van der Waals surface area contributed by atoms with Gasteiger partial charge in [0.2, 0.25) is 0 Å². The molecule has 2 N–H and O–H groups in total. The first kappa shape index (κ1) is 26.8. The predicted octanol–water partition coefficient (Wildman–Crippen LogP) is 4.63. The van der Waals surface area contributed by atoms with Gasteiger partial charge in [0.05, 0.1) is 27.8 Å². The molecule has 0 radical (unpaired) electrons. The van der Waals surface area contributed by atoms with E-state index < -0.39 is 10.3 Å². The number of carbonyl (C=O) groups excluding carboxylic acids is 2. The summed E-state index contributed by atoms with van der Waals surface area (Å²) in [5.41, 5.74) is 1.08. The van der Waals surface area contributed by atoms with Crippen LogP contribution in [0.5, 0.6) is 0 Å². The van der Waals surface area contributed by atoms with Gasteiger partial charge in [-0.3, -0.25) is 24.7 Å². The van der Waals surface area contributed by atoms with E-state index in [-0.39, 0.29) is 34.8 Å². The van der Waals surface area contributed by atoms with Gasteiger partial charge in [-0.2, -0.15) is 0 Å². The summed E-state index contributed by atoms with van der Waals surface area (Å²) < 4.78 is 0.470. The molecule has 2 atom stereocenters. The van der Waals surface area contributed by atoms with E-state index in [9.17, 15) is 19.7 Å². The normalized spacial score (nSPS) is 21.0. The Labute approximate surface area is 225 Å². The number of aromatic nitrogens is 1. The highest BCUT2D eigenvalue weighted by Gasteiger charge is 2.43. The third kappa shape index (κ3) is 5.71. The zero-order valence-electron chi connectivity index (χ0n) is 21.6. The van der Waals surface area contributed by atoms with Crippen LogP contribution in [0.1, 0.15) is 54.3 Å². The van der Waals surface area contributed by atoms with Crippen LogP contribution in [0.15, 0.2) is 35.1 Å². The molecule has 2 aromatic rings. The number of hydrogen-bond acceptors (Lipinski definition) is 7. The minimum atomic E-state index is -0.470. The van der Waals surface area contributed by atoms with Crippen LogP contribution in [0, 0.1) is 21.4 Å². The van der Waals surface area contributed by atoms with E-state index in [0.29, 0.717) is 42.1 Å². The third-order valence-electron chi connectivity index (χ3n) is 7.28. The van der Waals surface area contributed by atoms with Crippen molar-refractivity contribution < 1.29 is 14.5 Å². The zero-order chi connectivity index (χ0) is 26.9. The second-order valence-corrected chi connectivity index (χ2v) is 11.6. The molecule has 0 saturated carbocycles. The Morgan fingerprint density at radius 3 is 2.59 bits per heavy atom. The number of piperidine rings is 1. The standard InChI is InChI=1S/C26H33BrN6O4/c1-16-6-5-7-31(13-16)25(35)20-9-18(27)10-21(33(36)37)23(20)30-22-14-32(15-26(22,2)3)24(34)17-8-19(28-4)12-29-11-17/h8-12,16,22,28,30H,5-7,13-15H2,1-4H3/t16-,22?/m1/s1. The van der Waals surface area contributed by atoms with E-state index in [1.54, 1.807) is 35.2 Å². The van der Waals surface area contributed by atoms with Crippen LogP contribution in [0.2, 0.25) is 0 Å². The molecular weight excluding hydrogens is 540 g/mol. The number of amides is 2. The van der Waals surface area contributed by atoms with Crippen LogP contribution >= 0.6 is 15.9 Å². The Balaban J connectivity index is 1.65. The Bertz CT molecular complexity index is 1220. The molecule has 1 unspecified atom stereocenters. The number of nitro groups is 1. The maximum absolute atomic E-state index is 13.6. The highest BCUT2D eigenvalue weighted by molar-refractivity contribution is 9.10. The van der Waals surface area contributed by atoms with Gasteiger partial charge in [-0.05, 0) is 30.9 Å². The number of halogens is 1. The van der Waals surface area contributed by atoms with Crippen molar-refractivity contribution in [2.24, 2.45) is 11.3 Å². The summed E-state index contributed by atoms with van der Waals surface area (Å²) in [7, 11) is 1.76. The molecule has 1 aromatic heterocycles. The Hall–Kier alpha value is -3.21. The number of likely N-dealkylation sites (tertiary alicyclic amines) is 2. The van der Waals surface area contributed by atoms with Crippen LogP contribution in [0.25, 0.3) is 0 Å². The topological polar surface area (TPSA) is 121 Å². The molecule has 10 nitrogen and oxygen atoms in total. The lowest BCUT2D eigenvalue weighted by atomic mass is 9.87. The maximum Gasteiger partial charge on any atom is 0.294 e. The van der Waals surface area contributed by atoms with E-state index in [2.05, 4.69) is 38.5 Å². The quantitative estimate of drug-likeness (QED) is 0.382. The largest absolute Gasteiger partial charge is 0.387 e. The van der Waals surface area contributed by atoms with Crippen molar-refractivity contribution in [1.82, 2.24) is 14.8 Å². The monoisotopic (exact) mass is 572 g/mol. The Kier molecular flexibility index (Phi) is 7.72. The summed E-state index contributed by atoms with van der Waals surface area (Å²) in [5, 5.41) is 18.4. The number of carbonyl (C=O) groups is 2. The van der Waals surface area contributed by atoms with Gasteiger partial charge in [0.25, 0.3) is 17.5 Å². The first-order valence-electron chi connectivity index (χ1n) is 12.5. The van der Waals surface area contributed by atoms with Gasteiger partial charge in [0, 0.05) is 61.6 Å². The van der Waals surface area contributed by atoms with Gasteiger partial charge >= 0.3 is 0 Å². The SMILES string of the molecule is CNc1cncc(C(=O)N2CC(Nc3c(C(=O)N4CCC[C@@H](C)C4)cc(Br)cc3[N+](=O)[O-])C(C)(C)C2)c1. The van der Waals surface area contributed by atoms with Crippen LogP contribution in [0.3, 0.4) is 0 Å². The molecular formula is C26H33BrN6O4. The molecule has 2 fully saturated rings. The smallest absolute Gasteiger partial charge is 0.294 e. The highest BCUT2D eigenvalue weighted by atomic mass is 79.9. The number of hydrogen-bond donors (Lipinski definition) is 2. The van der Waals surface area contributed by atoms with E-state index >= 15 is 0 Å². The van der Waals surface area contributed by atoms with Crippen molar-refractivity contribution >= 4 is 44.8 Å². The zero-order valence-corrected chi connectivity index (χ0v) is 23.2. The minimum absolute atomic E-state index is 0.161. The first-order valence-corrected chi connectivity index (χ1v) is 13.2. The summed E-state index contributed by atoms with van der Waals surface area (Å²) in [6.07, 6.45) is 5.14. The first-order chi connectivity index (χ1) is 17.5. The lowest BCUT2D eigenvalue weighted by Gasteiger charge is -2.32. The van der Waals surface area contributed by atoms with Crippen molar-refractivity contribution in [2.75, 3.05) is 43.9 Å². The lowest BCUT2D eigenvalue weighted by Crippen LogP contribution is -2.40. The van der Waals surface area contributed by atoms with Crippen LogP contribution in [-0.4, -0.2) is 70.8 Å². The van der Waals surface area contributed by atoms with Gasteiger partial charge < -0.3 is 20.4 Å². The second kappa shape index (κ2) is 10.6. The maximum atomic E-state index is 13.6. The summed E-state index contributed by atoms with van der Waals surface area (Å²) in [5.74, 6) is -0.0106. The summed E-state index contributed by atoms with van der Waals surface area (Å²) in [4.78, 5) is 46.2. The third-order valence-corrected chi connectivity index (χ3v) is 7.74. The molecule has 4 rings (SSSR count). The number of rotatable bonds is 6. The van der Waals surface area contributed by atoms with Crippen molar-refractivity contribution in [2.45, 2.75) is 39.7 Å². The number of pyridine rings is 1. The van der Waals surface area contributed by atoms with Gasteiger partial charge in [-0.25, -0.2) is 0 Å². The molecule has 2 amide bonds. The van der Waals surface area contributed by atoms with Gasteiger partial charge in [0.15, 0.2) is 0 Å². The molecule has 37 heavy (non-hydrogen) atoms. The van der Waals surface area contributed by atoms with Crippen molar-refractivity contribution in [3.63, 3.8) is 0 Å². The van der Waals surface area contributed by atoms with E-state index in [1.165, 1.54) is 12.3 Å². The van der Waals surface area contributed by atoms with E-state index in [0.717, 1.165) is 18.5 Å². The minimum Gasteiger partial charge on any atom is -0.387 e. The molecule has 2 aliphatic heterocycles. The summed E-state index contributed by atoms with van der Waals surface area (Å²) >= 11 is 3.35. The number of nitrogens with zero attached hydrogens (tertiary/aromatic N) is 4. The predicted molar refractivity (Wildman–Crippen MR) is 146 cm³/mol. The highest BCUT2D eigenvalue weighted by Crippen LogP contribution is 2.39. The molecule has 3 heterocycles. The molecule has 1 aromatic carbocycles. The van der Waals surface area contributed by atoms with Gasteiger partial charge in [0.1, 0.15) is 5.69 Å². The van der Waals surface area contributed by atoms with Crippen LogP contribution in [-0.2, 0) is 0 Å². The second-order valence-electron chi connectivity index (χ2n) is 10.7. The summed E-state index contributed by atoms with van der Waals surface area (Å²) in [6.45, 7) is 8.16. The molecule has 198 valence electrons. The Morgan fingerprint density at radius 1 is 1.16 bits per heavy atom. The molecule has 11 heteroatoms. The average Bonchev–Trinajstić information content (AvgIpc) is 3.17. The number of nitrogens with one attached hydrogen (secondary N) is 2. The molecule has 2 aliphatic rings. The average molecular weight is 573 g/mol. The van der Waals surface area contributed by atoms with Crippen molar-refractivity contribution in [3.05, 3.63) is 56.3 Å². The fourth-order valence-electron chi connectivity index (χ4n) is 5.18. The number of benzene rings is 1. The molecule has 2 saturated heterocycles. The lowest BCUT2D eigenvalue weighted by molar-refractivity contribution is -0.384. The van der Waals surface area contributed by atoms with Crippen molar-refractivity contribution in [1.29, 1.82) is 0 Å². The molecule has 0 aliphatic carbocycles. The van der Waals surface area contributed by atoms with Crippen molar-refractivity contribution in [3.8, 4) is 0 Å². The van der Waals surface area contributed by atoms with Gasteiger partial charge in [-0.1, -0.05) is 36.7 Å². The molecule has 0 spiro atoms. The fourth-order valence-corrected chi connectivity index (χ4v) is 5.63. The van der Waals surface area contributed by atoms with E-state index in [4.69, 9.17) is 0 Å². The van der Waals surface area contributed by atoms with E-state index in [1.807, 2.05) is 13.8 Å². The van der Waals surface area contributed by atoms with Crippen LogP contribution in [0.4, 0.5) is 17.1 Å². The Morgan fingerprint density at radius 2 is 1.92 bits per heavy atom. The fraction of sp³-hybridized carbons (Fsp3) is 0.500. The number of anilines is 2. The summed E-state index contributed by atoms with van der Waals surface area (Å²) in [6, 6.07) is 4.50. The van der Waals surface area contributed by atoms with Crippen LogP contribution < -0.4 is 10.6 Å². The van der Waals surface area contributed by atoms with Gasteiger partial charge in [-0.15, -0.1) is 0 Å². The number of nitro benzene ring substituents is 1. The molecule has 0 bridgehead atoms.